The zero-order valence-electron chi connectivity index (χ0n) is 24.4. The fourth-order valence-corrected chi connectivity index (χ4v) is 5.69. The van der Waals surface area contributed by atoms with Gasteiger partial charge in [0.25, 0.3) is 0 Å². The van der Waals surface area contributed by atoms with Crippen molar-refractivity contribution in [1.82, 2.24) is 9.80 Å². The molecule has 0 N–H and O–H groups in total. The van der Waals surface area contributed by atoms with Gasteiger partial charge in [0, 0.05) is 12.1 Å². The number of nitrogens with zero attached hydrogens (tertiary/aromatic N) is 2. The summed E-state index contributed by atoms with van der Waals surface area (Å²) < 4.78 is 0. The van der Waals surface area contributed by atoms with E-state index in [2.05, 4.69) is 65.2 Å². The predicted octanol–water partition coefficient (Wildman–Crippen LogP) is 9.04. The van der Waals surface area contributed by atoms with E-state index in [1.54, 1.807) is 0 Å². The molecule has 2 fully saturated rings. The molecule has 0 bridgehead atoms. The van der Waals surface area contributed by atoms with Gasteiger partial charge >= 0.3 is 0 Å². The van der Waals surface area contributed by atoms with Crippen molar-refractivity contribution in [2.75, 3.05) is 26.2 Å². The van der Waals surface area contributed by atoms with Crippen molar-refractivity contribution < 1.29 is 0 Å². The van der Waals surface area contributed by atoms with Gasteiger partial charge in [-0.05, 0) is 110 Å². The first-order valence-electron chi connectivity index (χ1n) is 15.2. The molecule has 0 aliphatic carbocycles. The highest BCUT2D eigenvalue weighted by Gasteiger charge is 2.26. The molecule has 2 rings (SSSR count). The summed E-state index contributed by atoms with van der Waals surface area (Å²) in [6, 6.07) is 1.49. The van der Waals surface area contributed by atoms with E-state index in [1.807, 2.05) is 0 Å². The van der Waals surface area contributed by atoms with Crippen LogP contribution in [-0.2, 0) is 0 Å². The molecule has 0 aromatic carbocycles. The Hall–Kier alpha value is -0.0800. The molecule has 2 heteroatoms. The smallest absolute Gasteiger partial charge is 0.00385 e. The third kappa shape index (κ3) is 15.5. The van der Waals surface area contributed by atoms with E-state index in [0.717, 1.165) is 35.8 Å². The van der Waals surface area contributed by atoms with Crippen molar-refractivity contribution >= 4 is 0 Å². The van der Waals surface area contributed by atoms with Gasteiger partial charge in [-0.25, -0.2) is 0 Å². The second-order valence-corrected chi connectivity index (χ2v) is 12.9. The van der Waals surface area contributed by atoms with Crippen LogP contribution in [0.3, 0.4) is 0 Å². The quantitative estimate of drug-likeness (QED) is 0.251. The Morgan fingerprint density at radius 2 is 0.788 bits per heavy atom. The van der Waals surface area contributed by atoms with Gasteiger partial charge < -0.3 is 9.80 Å². The molecule has 2 aliphatic rings. The van der Waals surface area contributed by atoms with Crippen molar-refractivity contribution in [2.45, 2.75) is 151 Å². The highest BCUT2D eigenvalue weighted by Crippen LogP contribution is 2.30. The van der Waals surface area contributed by atoms with Crippen LogP contribution in [0.4, 0.5) is 0 Å². The van der Waals surface area contributed by atoms with Gasteiger partial charge in [0.15, 0.2) is 0 Å². The summed E-state index contributed by atoms with van der Waals surface area (Å²) in [5, 5.41) is 0. The Kier molecular flexibility index (Phi) is 17.1. The summed E-state index contributed by atoms with van der Waals surface area (Å²) in [5.74, 6) is 3.84. The summed E-state index contributed by atoms with van der Waals surface area (Å²) in [6.07, 6.45) is 18.9. The number of piperidine rings is 2. The molecule has 0 saturated carbocycles. The summed E-state index contributed by atoms with van der Waals surface area (Å²) in [5.41, 5.74) is 0. The van der Waals surface area contributed by atoms with E-state index in [4.69, 9.17) is 0 Å². The molecule has 0 spiro atoms. The van der Waals surface area contributed by atoms with Crippen LogP contribution >= 0.6 is 0 Å². The van der Waals surface area contributed by atoms with Crippen molar-refractivity contribution in [1.29, 1.82) is 0 Å². The second kappa shape index (κ2) is 18.2. The van der Waals surface area contributed by atoms with E-state index >= 15 is 0 Å². The van der Waals surface area contributed by atoms with Crippen LogP contribution in [-0.4, -0.2) is 48.1 Å². The Balaban J connectivity index is 0.000000349. The lowest BCUT2D eigenvalue weighted by Crippen LogP contribution is -2.41. The van der Waals surface area contributed by atoms with Gasteiger partial charge in [0.05, 0.1) is 0 Å². The zero-order chi connectivity index (χ0) is 24.6. The van der Waals surface area contributed by atoms with Crippen LogP contribution in [0.15, 0.2) is 0 Å². The van der Waals surface area contributed by atoms with Crippen molar-refractivity contribution in [3.05, 3.63) is 0 Å². The molecule has 0 aromatic rings. The fourth-order valence-electron chi connectivity index (χ4n) is 5.69. The van der Waals surface area contributed by atoms with E-state index < -0.39 is 0 Å². The number of hydrogen-bond donors (Lipinski definition) is 0. The molecule has 0 radical (unpaired) electrons. The van der Waals surface area contributed by atoms with Crippen LogP contribution in [0.5, 0.6) is 0 Å². The van der Waals surface area contributed by atoms with Gasteiger partial charge in [-0.1, -0.05) is 79.1 Å². The van der Waals surface area contributed by atoms with Gasteiger partial charge in [-0.15, -0.1) is 0 Å². The van der Waals surface area contributed by atoms with E-state index in [0.29, 0.717) is 0 Å². The average Bonchev–Trinajstić information content (AvgIpc) is 2.76. The molecule has 198 valence electrons. The average molecular weight is 465 g/mol. The van der Waals surface area contributed by atoms with Crippen LogP contribution in [0.1, 0.15) is 139 Å². The lowest BCUT2D eigenvalue weighted by molar-refractivity contribution is 0.107. The summed E-state index contributed by atoms with van der Waals surface area (Å²) in [4.78, 5) is 5.30. The molecular formula is C31H64N2. The minimum atomic E-state index is 0.746. The van der Waals surface area contributed by atoms with E-state index in [9.17, 15) is 0 Å². The van der Waals surface area contributed by atoms with Crippen LogP contribution in [0.2, 0.25) is 0 Å². The minimum absolute atomic E-state index is 0.746. The minimum Gasteiger partial charge on any atom is -0.301 e. The van der Waals surface area contributed by atoms with Crippen LogP contribution < -0.4 is 0 Å². The Labute approximate surface area is 210 Å². The van der Waals surface area contributed by atoms with Crippen LogP contribution in [0, 0.1) is 23.7 Å². The first-order valence-corrected chi connectivity index (χ1v) is 15.2. The molecular weight excluding hydrogens is 400 g/mol. The molecule has 0 amide bonds. The molecule has 0 unspecified atom stereocenters. The maximum Gasteiger partial charge on any atom is 0.00385 e. The van der Waals surface area contributed by atoms with Crippen molar-refractivity contribution in [2.24, 2.45) is 23.7 Å². The lowest BCUT2D eigenvalue weighted by atomic mass is 9.82. The van der Waals surface area contributed by atoms with Crippen molar-refractivity contribution in [3.63, 3.8) is 0 Å². The zero-order valence-corrected chi connectivity index (χ0v) is 24.4. The van der Waals surface area contributed by atoms with E-state index in [1.165, 1.54) is 110 Å². The number of hydrogen-bond acceptors (Lipinski definition) is 2. The SMILES string of the molecule is CC(C)CCCCCCCCC(C)C.CC(C)N1CCC(CC2CCN(C(C)C)CC2)CC1. The van der Waals surface area contributed by atoms with Gasteiger partial charge in [0.2, 0.25) is 0 Å². The molecule has 33 heavy (non-hydrogen) atoms. The maximum atomic E-state index is 2.65. The maximum absolute atomic E-state index is 2.65. The van der Waals surface area contributed by atoms with Gasteiger partial charge in [-0.3, -0.25) is 0 Å². The number of unbranched alkanes of at least 4 members (excludes halogenated alkanes) is 5. The predicted molar refractivity (Wildman–Crippen MR) is 150 cm³/mol. The largest absolute Gasteiger partial charge is 0.301 e. The normalized spacial score (nSPS) is 19.6. The van der Waals surface area contributed by atoms with Crippen LogP contribution in [0.25, 0.3) is 0 Å². The first-order chi connectivity index (χ1) is 15.7. The Bertz CT molecular complexity index is 386. The van der Waals surface area contributed by atoms with Gasteiger partial charge in [-0.2, -0.15) is 0 Å². The lowest BCUT2D eigenvalue weighted by Gasteiger charge is -2.39. The highest BCUT2D eigenvalue weighted by molar-refractivity contribution is 4.80. The standard InChI is InChI=1S/C17H34N2.C14H30/c1-14(2)18-9-5-16(6-10-18)13-17-7-11-19(12-8-17)15(3)4;1-13(2)11-9-7-5-6-8-10-12-14(3)4/h14-17H,5-13H2,1-4H3;13-14H,5-12H2,1-4H3. The summed E-state index contributed by atoms with van der Waals surface area (Å²) >= 11 is 0. The molecule has 2 aliphatic heterocycles. The van der Waals surface area contributed by atoms with Crippen molar-refractivity contribution in [3.8, 4) is 0 Å². The number of rotatable bonds is 13. The molecule has 2 heterocycles. The molecule has 0 aromatic heterocycles. The van der Waals surface area contributed by atoms with E-state index in [-0.39, 0.29) is 0 Å². The molecule has 2 saturated heterocycles. The summed E-state index contributed by atoms with van der Waals surface area (Å²) in [6.45, 7) is 24.0. The molecule has 2 nitrogen and oxygen atoms in total. The first kappa shape index (κ1) is 31.0. The number of likely N-dealkylation sites (tertiary alicyclic amines) is 2. The highest BCUT2D eigenvalue weighted by atomic mass is 15.2. The monoisotopic (exact) mass is 465 g/mol. The molecule has 0 atom stereocenters. The summed E-state index contributed by atoms with van der Waals surface area (Å²) in [7, 11) is 0. The second-order valence-electron chi connectivity index (χ2n) is 12.9. The van der Waals surface area contributed by atoms with Gasteiger partial charge in [0.1, 0.15) is 0 Å². The third-order valence-electron chi connectivity index (χ3n) is 8.24. The Morgan fingerprint density at radius 3 is 1.06 bits per heavy atom. The topological polar surface area (TPSA) is 6.48 Å². The third-order valence-corrected chi connectivity index (χ3v) is 8.24. The fraction of sp³-hybridized carbons (Fsp3) is 1.00. The Morgan fingerprint density at radius 1 is 0.485 bits per heavy atom.